The summed E-state index contributed by atoms with van der Waals surface area (Å²) in [5.41, 5.74) is 3.08. The van der Waals surface area contributed by atoms with Gasteiger partial charge in [-0.1, -0.05) is 13.0 Å². The van der Waals surface area contributed by atoms with Crippen LogP contribution in [0.3, 0.4) is 0 Å². The first-order chi connectivity index (χ1) is 8.63. The number of hydrogen-bond acceptors (Lipinski definition) is 2. The predicted octanol–water partition coefficient (Wildman–Crippen LogP) is 2.89. The Bertz CT molecular complexity index is 499. The first kappa shape index (κ1) is 12.1. The molecule has 1 N–H and O–H groups in total. The van der Waals surface area contributed by atoms with E-state index >= 15 is 0 Å². The lowest BCUT2D eigenvalue weighted by Crippen LogP contribution is -2.55. The van der Waals surface area contributed by atoms with Crippen LogP contribution in [-0.4, -0.2) is 18.2 Å². The maximum absolute atomic E-state index is 11.6. The van der Waals surface area contributed by atoms with Crippen LogP contribution in [0.2, 0.25) is 0 Å². The maximum Gasteiger partial charge on any atom is 0.220 e. The fourth-order valence-corrected chi connectivity index (χ4v) is 3.91. The minimum atomic E-state index is 0.137. The molecule has 0 bridgehead atoms. The molecule has 0 saturated carbocycles. The molecule has 1 fully saturated rings. The van der Waals surface area contributed by atoms with E-state index in [9.17, 15) is 4.79 Å². The van der Waals surface area contributed by atoms with Crippen molar-refractivity contribution in [1.82, 2.24) is 5.32 Å². The lowest BCUT2D eigenvalue weighted by molar-refractivity contribution is -0.125. The van der Waals surface area contributed by atoms with Crippen molar-refractivity contribution in [3.8, 4) is 0 Å². The van der Waals surface area contributed by atoms with Gasteiger partial charge in [-0.2, -0.15) is 0 Å². The molecule has 2 atom stereocenters. The van der Waals surface area contributed by atoms with E-state index in [1.807, 2.05) is 0 Å². The Morgan fingerprint density at radius 3 is 3.00 bits per heavy atom. The predicted molar refractivity (Wildman–Crippen MR) is 75.1 cm³/mol. The zero-order valence-corrected chi connectivity index (χ0v) is 11.8. The number of fused-ring (bicyclic) bond motifs is 3. The highest BCUT2D eigenvalue weighted by Gasteiger charge is 2.43. The SMILES string of the molecule is CSc1ccc2c(c1)CC[C@H]1NC(=O)CCC21C. The molecule has 1 heterocycles. The van der Waals surface area contributed by atoms with Crippen LogP contribution in [0.25, 0.3) is 0 Å². The van der Waals surface area contributed by atoms with Crippen molar-refractivity contribution in [2.45, 2.75) is 49.0 Å². The van der Waals surface area contributed by atoms with Gasteiger partial charge in [-0.3, -0.25) is 4.79 Å². The number of hydrogen-bond donors (Lipinski definition) is 1. The average molecular weight is 261 g/mol. The smallest absolute Gasteiger partial charge is 0.220 e. The summed E-state index contributed by atoms with van der Waals surface area (Å²) < 4.78 is 0. The molecule has 1 saturated heterocycles. The second-order valence-corrected chi connectivity index (χ2v) is 6.48. The molecule has 2 nitrogen and oxygen atoms in total. The van der Waals surface area contributed by atoms with Crippen molar-refractivity contribution in [2.75, 3.05) is 6.26 Å². The van der Waals surface area contributed by atoms with E-state index < -0.39 is 0 Å². The Hall–Kier alpha value is -0.960. The number of benzene rings is 1. The summed E-state index contributed by atoms with van der Waals surface area (Å²) in [6.07, 6.45) is 5.93. The monoisotopic (exact) mass is 261 g/mol. The van der Waals surface area contributed by atoms with Crippen LogP contribution in [0, 0.1) is 0 Å². The molecule has 1 aromatic rings. The van der Waals surface area contributed by atoms with Crippen LogP contribution in [0.4, 0.5) is 0 Å². The zero-order chi connectivity index (χ0) is 12.8. The number of nitrogens with one attached hydrogen (secondary N) is 1. The topological polar surface area (TPSA) is 29.1 Å². The van der Waals surface area contributed by atoms with Crippen molar-refractivity contribution < 1.29 is 4.79 Å². The van der Waals surface area contributed by atoms with E-state index in [0.29, 0.717) is 12.5 Å². The molecule has 1 aromatic carbocycles. The normalized spacial score (nSPS) is 30.3. The van der Waals surface area contributed by atoms with Crippen molar-refractivity contribution in [1.29, 1.82) is 0 Å². The van der Waals surface area contributed by atoms with Crippen molar-refractivity contribution in [3.05, 3.63) is 29.3 Å². The lowest BCUT2D eigenvalue weighted by atomic mass is 9.64. The van der Waals surface area contributed by atoms with Crippen LogP contribution >= 0.6 is 11.8 Å². The summed E-state index contributed by atoms with van der Waals surface area (Å²) >= 11 is 1.80. The highest BCUT2D eigenvalue weighted by atomic mass is 32.2. The third kappa shape index (κ3) is 1.76. The fourth-order valence-electron chi connectivity index (χ4n) is 3.45. The van der Waals surface area contributed by atoms with Gasteiger partial charge < -0.3 is 5.32 Å². The van der Waals surface area contributed by atoms with Gasteiger partial charge in [0.1, 0.15) is 0 Å². The lowest BCUT2D eigenvalue weighted by Gasteiger charge is -2.46. The Morgan fingerprint density at radius 2 is 2.22 bits per heavy atom. The molecular formula is C15H19NOS. The minimum absolute atomic E-state index is 0.137. The van der Waals surface area contributed by atoms with Gasteiger partial charge in [0, 0.05) is 22.8 Å². The summed E-state index contributed by atoms with van der Waals surface area (Å²) in [7, 11) is 0. The second-order valence-electron chi connectivity index (χ2n) is 5.60. The van der Waals surface area contributed by atoms with E-state index in [2.05, 4.69) is 36.7 Å². The molecular weight excluding hydrogens is 242 g/mol. The molecule has 3 rings (SSSR count). The van der Waals surface area contributed by atoms with Gasteiger partial charge in [-0.15, -0.1) is 11.8 Å². The maximum atomic E-state index is 11.6. The first-order valence-corrected chi connectivity index (χ1v) is 7.83. The summed E-state index contributed by atoms with van der Waals surface area (Å²) in [6, 6.07) is 7.15. The third-order valence-electron chi connectivity index (χ3n) is 4.61. The van der Waals surface area contributed by atoms with Crippen LogP contribution in [0.5, 0.6) is 0 Å². The van der Waals surface area contributed by atoms with E-state index in [1.165, 1.54) is 16.0 Å². The van der Waals surface area contributed by atoms with Gasteiger partial charge in [0.05, 0.1) is 0 Å². The van der Waals surface area contributed by atoms with Crippen molar-refractivity contribution >= 4 is 17.7 Å². The molecule has 0 spiro atoms. The molecule has 18 heavy (non-hydrogen) atoms. The number of piperidine rings is 1. The third-order valence-corrected chi connectivity index (χ3v) is 5.33. The molecule has 2 aliphatic rings. The second kappa shape index (κ2) is 4.30. The largest absolute Gasteiger partial charge is 0.352 e. The minimum Gasteiger partial charge on any atom is -0.352 e. The molecule has 3 heteroatoms. The van der Waals surface area contributed by atoms with Gasteiger partial charge in [0.2, 0.25) is 5.91 Å². The molecule has 1 aliphatic heterocycles. The van der Waals surface area contributed by atoms with E-state index in [4.69, 9.17) is 0 Å². The molecule has 0 aromatic heterocycles. The number of carbonyl (C=O) groups excluding carboxylic acids is 1. The van der Waals surface area contributed by atoms with E-state index in [0.717, 1.165) is 19.3 Å². The molecule has 1 unspecified atom stereocenters. The Labute approximate surface area is 113 Å². The van der Waals surface area contributed by atoms with Crippen molar-refractivity contribution in [2.24, 2.45) is 0 Å². The van der Waals surface area contributed by atoms with Gasteiger partial charge >= 0.3 is 0 Å². The highest BCUT2D eigenvalue weighted by molar-refractivity contribution is 7.98. The van der Waals surface area contributed by atoms with Gasteiger partial charge in [0.15, 0.2) is 0 Å². The standard InChI is InChI=1S/C15H19NOS/c1-15-8-7-14(17)16-13(15)6-3-10-9-11(18-2)4-5-12(10)15/h4-5,9,13H,3,6-8H2,1-2H3,(H,16,17)/t13-,15?/m1/s1. The number of rotatable bonds is 1. The van der Waals surface area contributed by atoms with Crippen LogP contribution in [-0.2, 0) is 16.6 Å². The summed E-state index contributed by atoms with van der Waals surface area (Å²) in [4.78, 5) is 12.9. The highest BCUT2D eigenvalue weighted by Crippen LogP contribution is 2.43. The first-order valence-electron chi connectivity index (χ1n) is 6.60. The van der Waals surface area contributed by atoms with Crippen LogP contribution in [0.15, 0.2) is 23.1 Å². The summed E-state index contributed by atoms with van der Waals surface area (Å²) in [5, 5.41) is 3.18. The van der Waals surface area contributed by atoms with Gasteiger partial charge in [-0.05, 0) is 48.8 Å². The van der Waals surface area contributed by atoms with Crippen LogP contribution < -0.4 is 5.32 Å². The quantitative estimate of drug-likeness (QED) is 0.788. The number of amides is 1. The Balaban J connectivity index is 2.03. The zero-order valence-electron chi connectivity index (χ0n) is 11.0. The fraction of sp³-hybridized carbons (Fsp3) is 0.533. The van der Waals surface area contributed by atoms with E-state index in [1.54, 1.807) is 11.8 Å². The molecule has 1 aliphatic carbocycles. The van der Waals surface area contributed by atoms with E-state index in [-0.39, 0.29) is 11.3 Å². The molecule has 0 radical (unpaired) electrons. The molecule has 1 amide bonds. The van der Waals surface area contributed by atoms with Gasteiger partial charge in [-0.25, -0.2) is 0 Å². The Morgan fingerprint density at radius 1 is 1.39 bits per heavy atom. The van der Waals surface area contributed by atoms with Gasteiger partial charge in [0.25, 0.3) is 0 Å². The van der Waals surface area contributed by atoms with Crippen LogP contribution in [0.1, 0.15) is 37.3 Å². The Kier molecular flexibility index (Phi) is 2.89. The summed E-state index contributed by atoms with van der Waals surface area (Å²) in [5.74, 6) is 0.224. The molecule has 96 valence electrons. The number of thioether (sulfide) groups is 1. The number of carbonyl (C=O) groups is 1. The summed E-state index contributed by atoms with van der Waals surface area (Å²) in [6.45, 7) is 2.31. The average Bonchev–Trinajstić information content (AvgIpc) is 2.39. The number of aryl methyl sites for hydroxylation is 1. The van der Waals surface area contributed by atoms with Crippen molar-refractivity contribution in [3.63, 3.8) is 0 Å².